The largest absolute Gasteiger partial charge is 0.508 e. The summed E-state index contributed by atoms with van der Waals surface area (Å²) < 4.78 is 0. The molecule has 1 unspecified atom stereocenters. The summed E-state index contributed by atoms with van der Waals surface area (Å²) in [6.45, 7) is 7.83. The van der Waals surface area contributed by atoms with Crippen LogP contribution in [0.15, 0.2) is 78.9 Å². The molecular weight excluding hydrogens is 552 g/mol. The van der Waals surface area contributed by atoms with Gasteiger partial charge in [0, 0.05) is 13.0 Å². The molecule has 42 heavy (non-hydrogen) atoms. The van der Waals surface area contributed by atoms with Crippen LogP contribution >= 0.6 is 12.4 Å². The number of nitrogens with two attached hydrogens (primary N) is 1. The third-order valence-corrected chi connectivity index (χ3v) is 7.35. The predicted molar refractivity (Wildman–Crippen MR) is 169 cm³/mol. The third-order valence-electron chi connectivity index (χ3n) is 7.35. The molecule has 0 heterocycles. The smallest absolute Gasteiger partial charge is 0.243 e. The third kappa shape index (κ3) is 9.89. The molecule has 0 spiro atoms. The van der Waals surface area contributed by atoms with E-state index in [1.807, 2.05) is 82.3 Å². The predicted octanol–water partition coefficient (Wildman–Crippen LogP) is 4.34. The molecule has 0 aliphatic carbocycles. The normalized spacial score (nSPS) is 13.7. The van der Waals surface area contributed by atoms with Crippen LogP contribution in [0.3, 0.4) is 0 Å². The maximum Gasteiger partial charge on any atom is 0.243 e. The number of carbonyl (C=O) groups is 3. The molecule has 4 atom stereocenters. The van der Waals surface area contributed by atoms with Gasteiger partial charge in [0.2, 0.25) is 17.7 Å². The molecule has 0 fully saturated rings. The molecule has 6 N–H and O–H groups in total. The number of aromatic hydroxyl groups is 1. The van der Waals surface area contributed by atoms with Crippen LogP contribution in [-0.4, -0.2) is 41.0 Å². The number of hydrogen-bond donors (Lipinski definition) is 5. The minimum Gasteiger partial charge on any atom is -0.508 e. The van der Waals surface area contributed by atoms with E-state index >= 15 is 0 Å². The molecule has 226 valence electrons. The number of rotatable bonds is 13. The molecular formula is C33H43ClN4O4. The minimum absolute atomic E-state index is 0. The Kier molecular flexibility index (Phi) is 13.5. The van der Waals surface area contributed by atoms with Gasteiger partial charge in [-0.3, -0.25) is 14.4 Å². The minimum atomic E-state index is -0.957. The fourth-order valence-electron chi connectivity index (χ4n) is 4.35. The summed E-state index contributed by atoms with van der Waals surface area (Å²) >= 11 is 0. The van der Waals surface area contributed by atoms with Gasteiger partial charge in [-0.05, 0) is 46.2 Å². The molecule has 3 aromatic carbocycles. The van der Waals surface area contributed by atoms with Gasteiger partial charge >= 0.3 is 0 Å². The first-order valence-electron chi connectivity index (χ1n) is 14.1. The highest BCUT2D eigenvalue weighted by molar-refractivity contribution is 5.93. The molecule has 3 rings (SSSR count). The topological polar surface area (TPSA) is 134 Å². The van der Waals surface area contributed by atoms with Gasteiger partial charge in [0.05, 0.1) is 6.04 Å². The van der Waals surface area contributed by atoms with Gasteiger partial charge in [-0.2, -0.15) is 0 Å². The highest BCUT2D eigenvalue weighted by atomic mass is 35.5. The lowest BCUT2D eigenvalue weighted by Gasteiger charge is -2.27. The van der Waals surface area contributed by atoms with E-state index in [0.717, 1.165) is 22.3 Å². The van der Waals surface area contributed by atoms with Crippen LogP contribution in [-0.2, 0) is 27.3 Å². The van der Waals surface area contributed by atoms with Gasteiger partial charge in [-0.15, -0.1) is 12.4 Å². The van der Waals surface area contributed by atoms with Crippen molar-refractivity contribution in [3.63, 3.8) is 0 Å². The molecule has 8 nitrogen and oxygen atoms in total. The summed E-state index contributed by atoms with van der Waals surface area (Å²) in [4.78, 5) is 39.6. The quantitative estimate of drug-likeness (QED) is 0.201. The summed E-state index contributed by atoms with van der Waals surface area (Å²) in [6.07, 6.45) is 0.836. The molecule has 0 radical (unpaired) electrons. The lowest BCUT2D eigenvalue weighted by molar-refractivity contribution is -0.133. The summed E-state index contributed by atoms with van der Waals surface area (Å²) in [5.74, 6) is -1.38. The molecule has 0 aromatic heterocycles. The second-order valence-electron chi connectivity index (χ2n) is 10.9. The SMILES string of the molecule is CCC(C)[C@H](NC(=O)[C@H](Cc1ccc(O)cc1)NC(=O)[C@@H](N)C(C)C)C(=O)NCc1ccc(-c2ccccc2)cc1.Cl. The van der Waals surface area contributed by atoms with Crippen molar-refractivity contribution in [1.29, 1.82) is 0 Å². The van der Waals surface area contributed by atoms with E-state index in [2.05, 4.69) is 16.0 Å². The van der Waals surface area contributed by atoms with Crippen molar-refractivity contribution in [2.45, 2.75) is 65.2 Å². The Hall–Kier alpha value is -3.88. The Morgan fingerprint density at radius 3 is 1.90 bits per heavy atom. The molecule has 3 aromatic rings. The maximum absolute atomic E-state index is 13.5. The standard InChI is InChI=1S/C33H42N4O4.ClH/c1-5-22(4)30(33(41)35-20-24-11-15-26(16-12-24)25-9-7-6-8-10-25)37-31(39)28(36-32(40)29(34)21(2)3)19-23-13-17-27(38)18-14-23;/h6-18,21-22,28-30,38H,5,19-20,34H2,1-4H3,(H,35,41)(H,36,40)(H,37,39);1H/t22?,28-,29-,30-;/m0./s1. The monoisotopic (exact) mass is 594 g/mol. The first-order chi connectivity index (χ1) is 19.6. The lowest BCUT2D eigenvalue weighted by Crippen LogP contribution is -2.58. The number of nitrogens with one attached hydrogen (secondary N) is 3. The van der Waals surface area contributed by atoms with Gasteiger partial charge in [-0.25, -0.2) is 0 Å². The van der Waals surface area contributed by atoms with Crippen molar-refractivity contribution in [1.82, 2.24) is 16.0 Å². The summed E-state index contributed by atoms with van der Waals surface area (Å²) in [5, 5.41) is 18.2. The van der Waals surface area contributed by atoms with Crippen molar-refractivity contribution in [3.8, 4) is 16.9 Å². The summed E-state index contributed by atoms with van der Waals surface area (Å²) in [6, 6.07) is 21.9. The van der Waals surface area contributed by atoms with Gasteiger partial charge in [0.15, 0.2) is 0 Å². The van der Waals surface area contributed by atoms with Gasteiger partial charge in [0.25, 0.3) is 0 Å². The van der Waals surface area contributed by atoms with Crippen LogP contribution in [0, 0.1) is 11.8 Å². The van der Waals surface area contributed by atoms with Crippen LogP contribution in [0.4, 0.5) is 0 Å². The van der Waals surface area contributed by atoms with Crippen LogP contribution < -0.4 is 21.7 Å². The van der Waals surface area contributed by atoms with Crippen LogP contribution in [0.5, 0.6) is 5.75 Å². The Bertz CT molecular complexity index is 1280. The molecule has 0 saturated heterocycles. The number of halogens is 1. The molecule has 0 saturated carbocycles. The van der Waals surface area contributed by atoms with Crippen molar-refractivity contribution in [3.05, 3.63) is 90.0 Å². The number of hydrogen-bond acceptors (Lipinski definition) is 5. The number of phenolic OH excluding ortho intramolecular Hbond substituents is 1. The van der Waals surface area contributed by atoms with Gasteiger partial charge in [-0.1, -0.05) is 101 Å². The van der Waals surface area contributed by atoms with Gasteiger partial charge in [0.1, 0.15) is 17.8 Å². The fourth-order valence-corrected chi connectivity index (χ4v) is 4.35. The number of carbonyl (C=O) groups excluding carboxylic acids is 3. The fraction of sp³-hybridized carbons (Fsp3) is 0.364. The van der Waals surface area contributed by atoms with Crippen LogP contribution in [0.1, 0.15) is 45.2 Å². The first-order valence-corrected chi connectivity index (χ1v) is 14.1. The van der Waals surface area contributed by atoms with E-state index in [0.29, 0.717) is 13.0 Å². The lowest BCUT2D eigenvalue weighted by atomic mass is 9.96. The summed E-state index contributed by atoms with van der Waals surface area (Å²) in [7, 11) is 0. The average molecular weight is 595 g/mol. The van der Waals surface area contributed by atoms with Crippen molar-refractivity contribution in [2.24, 2.45) is 17.6 Å². The van der Waals surface area contributed by atoms with Crippen molar-refractivity contribution < 1.29 is 19.5 Å². The summed E-state index contributed by atoms with van der Waals surface area (Å²) in [5.41, 5.74) is 9.92. The van der Waals surface area contributed by atoms with Crippen molar-refractivity contribution >= 4 is 30.1 Å². The van der Waals surface area contributed by atoms with E-state index in [-0.39, 0.29) is 42.3 Å². The van der Waals surface area contributed by atoms with E-state index in [9.17, 15) is 19.5 Å². The second-order valence-corrected chi connectivity index (χ2v) is 10.9. The van der Waals surface area contributed by atoms with E-state index in [1.54, 1.807) is 12.1 Å². The van der Waals surface area contributed by atoms with Gasteiger partial charge < -0.3 is 26.8 Å². The molecule has 0 bridgehead atoms. The molecule has 0 aliphatic heterocycles. The van der Waals surface area contributed by atoms with Crippen LogP contribution in [0.2, 0.25) is 0 Å². The zero-order valence-electron chi connectivity index (χ0n) is 24.7. The number of benzene rings is 3. The average Bonchev–Trinajstić information content (AvgIpc) is 2.99. The molecule has 0 aliphatic rings. The Morgan fingerprint density at radius 1 is 0.762 bits per heavy atom. The number of phenols is 1. The Labute approximate surface area is 254 Å². The zero-order chi connectivity index (χ0) is 29.9. The number of amides is 3. The zero-order valence-corrected chi connectivity index (χ0v) is 25.5. The first kappa shape index (κ1) is 34.3. The molecule has 9 heteroatoms. The maximum atomic E-state index is 13.5. The highest BCUT2D eigenvalue weighted by Gasteiger charge is 2.31. The Balaban J connectivity index is 0.00000616. The van der Waals surface area contributed by atoms with Crippen molar-refractivity contribution in [2.75, 3.05) is 0 Å². The Morgan fingerprint density at radius 2 is 1.33 bits per heavy atom. The van der Waals surface area contributed by atoms with E-state index in [1.165, 1.54) is 12.1 Å². The van der Waals surface area contributed by atoms with E-state index in [4.69, 9.17) is 5.73 Å². The van der Waals surface area contributed by atoms with E-state index < -0.39 is 29.9 Å². The highest BCUT2D eigenvalue weighted by Crippen LogP contribution is 2.19. The second kappa shape index (κ2) is 16.5. The van der Waals surface area contributed by atoms with Crippen LogP contribution in [0.25, 0.3) is 11.1 Å². The molecule has 3 amide bonds.